The number of benzene rings is 1. The first-order valence-corrected chi connectivity index (χ1v) is 6.68. The largest absolute Gasteiger partial charge is 0.496 e. The molecule has 2 rings (SSSR count). The molecule has 0 radical (unpaired) electrons. The molecule has 1 aromatic rings. The Hall–Kier alpha value is -0.630. The molecular weight excluding hydrogens is 216 g/mol. The van der Waals surface area contributed by atoms with Gasteiger partial charge in [-0.05, 0) is 42.0 Å². The highest BCUT2D eigenvalue weighted by molar-refractivity contribution is 8.00. The van der Waals surface area contributed by atoms with Crippen molar-refractivity contribution in [3.8, 4) is 5.75 Å². The van der Waals surface area contributed by atoms with Crippen molar-refractivity contribution in [2.75, 3.05) is 7.11 Å². The van der Waals surface area contributed by atoms with Gasteiger partial charge in [0.2, 0.25) is 0 Å². The quantitative estimate of drug-likeness (QED) is 0.724. The highest BCUT2D eigenvalue weighted by Gasteiger charge is 2.32. The van der Waals surface area contributed by atoms with Crippen molar-refractivity contribution in [2.24, 2.45) is 0 Å². The van der Waals surface area contributed by atoms with Gasteiger partial charge in [0.15, 0.2) is 0 Å². The molecule has 1 heterocycles. The lowest BCUT2D eigenvalue weighted by Crippen LogP contribution is -2.26. The Morgan fingerprint density at radius 1 is 1.38 bits per heavy atom. The Bertz CT molecular complexity index is 409. The van der Waals surface area contributed by atoms with Gasteiger partial charge in [-0.1, -0.05) is 20.8 Å². The van der Waals surface area contributed by atoms with Crippen LogP contribution in [0.15, 0.2) is 17.0 Å². The maximum Gasteiger partial charge on any atom is 0.122 e. The second kappa shape index (κ2) is 3.99. The molecule has 0 aromatic heterocycles. The van der Waals surface area contributed by atoms with Crippen molar-refractivity contribution in [1.82, 2.24) is 0 Å². The zero-order valence-electron chi connectivity index (χ0n) is 10.8. The van der Waals surface area contributed by atoms with Crippen LogP contribution in [0.25, 0.3) is 0 Å². The van der Waals surface area contributed by atoms with E-state index in [2.05, 4.69) is 39.8 Å². The van der Waals surface area contributed by atoms with Gasteiger partial charge in [0, 0.05) is 10.1 Å². The van der Waals surface area contributed by atoms with Crippen molar-refractivity contribution < 1.29 is 4.74 Å². The molecule has 16 heavy (non-hydrogen) atoms. The number of hydrogen-bond acceptors (Lipinski definition) is 2. The summed E-state index contributed by atoms with van der Waals surface area (Å²) in [6, 6.07) is 4.50. The zero-order chi connectivity index (χ0) is 11.9. The molecule has 1 aliphatic rings. The minimum atomic E-state index is 0.265. The molecule has 1 unspecified atom stereocenters. The third-order valence-electron chi connectivity index (χ3n) is 3.35. The van der Waals surface area contributed by atoms with Crippen molar-refractivity contribution in [2.45, 2.75) is 49.7 Å². The summed E-state index contributed by atoms with van der Waals surface area (Å²) in [6.07, 6.45) is 1.23. The van der Waals surface area contributed by atoms with Gasteiger partial charge in [-0.15, -0.1) is 11.8 Å². The first-order chi connectivity index (χ1) is 7.44. The van der Waals surface area contributed by atoms with E-state index in [-0.39, 0.29) is 5.41 Å². The first kappa shape index (κ1) is 11.8. The Morgan fingerprint density at radius 2 is 2.06 bits per heavy atom. The Kier molecular flexibility index (Phi) is 2.95. The van der Waals surface area contributed by atoms with Crippen molar-refractivity contribution >= 4 is 11.8 Å². The van der Waals surface area contributed by atoms with Gasteiger partial charge in [-0.3, -0.25) is 0 Å². The number of thioether (sulfide) groups is 1. The molecule has 1 aromatic carbocycles. The summed E-state index contributed by atoms with van der Waals surface area (Å²) in [6.45, 7) is 9.09. The van der Waals surface area contributed by atoms with Crippen molar-refractivity contribution in [1.29, 1.82) is 0 Å². The molecule has 0 fully saturated rings. The van der Waals surface area contributed by atoms with E-state index >= 15 is 0 Å². The number of fused-ring (bicyclic) bond motifs is 1. The lowest BCUT2D eigenvalue weighted by molar-refractivity contribution is 0.404. The smallest absolute Gasteiger partial charge is 0.122 e. The van der Waals surface area contributed by atoms with Gasteiger partial charge in [0.05, 0.1) is 7.11 Å². The SMILES string of the molecule is COc1cc2c(cc1C)SC(C)CC2(C)C. The van der Waals surface area contributed by atoms with Gasteiger partial charge in [0.1, 0.15) is 5.75 Å². The van der Waals surface area contributed by atoms with Crippen LogP contribution in [-0.2, 0) is 5.41 Å². The number of ether oxygens (including phenoxy) is 1. The van der Waals surface area contributed by atoms with Crippen molar-refractivity contribution in [3.63, 3.8) is 0 Å². The van der Waals surface area contributed by atoms with Crippen LogP contribution in [0.4, 0.5) is 0 Å². The summed E-state index contributed by atoms with van der Waals surface area (Å²) in [4.78, 5) is 1.43. The van der Waals surface area contributed by atoms with Gasteiger partial charge in [-0.25, -0.2) is 0 Å². The van der Waals surface area contributed by atoms with Gasteiger partial charge >= 0.3 is 0 Å². The molecule has 0 spiro atoms. The third kappa shape index (κ3) is 1.95. The van der Waals surface area contributed by atoms with E-state index in [1.165, 1.54) is 22.4 Å². The molecule has 1 aliphatic heterocycles. The molecule has 0 saturated carbocycles. The Labute approximate surface area is 103 Å². The molecule has 0 amide bonds. The molecule has 0 bridgehead atoms. The van der Waals surface area contributed by atoms with Crippen LogP contribution in [0, 0.1) is 6.92 Å². The van der Waals surface area contributed by atoms with Crippen LogP contribution in [-0.4, -0.2) is 12.4 Å². The molecule has 88 valence electrons. The second-order valence-electron chi connectivity index (χ2n) is 5.33. The van der Waals surface area contributed by atoms with Crippen LogP contribution < -0.4 is 4.74 Å². The fourth-order valence-corrected chi connectivity index (χ4v) is 4.24. The predicted molar refractivity (Wildman–Crippen MR) is 70.7 cm³/mol. The summed E-state index contributed by atoms with van der Waals surface area (Å²) in [7, 11) is 1.75. The van der Waals surface area contributed by atoms with E-state index in [0.717, 1.165) is 5.75 Å². The third-order valence-corrected chi connectivity index (χ3v) is 4.51. The lowest BCUT2D eigenvalue weighted by Gasteiger charge is -2.36. The van der Waals surface area contributed by atoms with Crippen LogP contribution in [0.1, 0.15) is 38.3 Å². The molecule has 1 nitrogen and oxygen atoms in total. The lowest BCUT2D eigenvalue weighted by atomic mass is 9.79. The monoisotopic (exact) mass is 236 g/mol. The number of aryl methyl sites for hydroxylation is 1. The Balaban J connectivity index is 2.56. The second-order valence-corrected chi connectivity index (χ2v) is 6.81. The molecule has 0 N–H and O–H groups in total. The van der Waals surface area contributed by atoms with E-state index in [4.69, 9.17) is 4.74 Å². The summed E-state index contributed by atoms with van der Waals surface area (Å²) < 4.78 is 5.42. The van der Waals surface area contributed by atoms with Crippen LogP contribution in [0.3, 0.4) is 0 Å². The standard InChI is InChI=1S/C14H20OS/c1-9-6-13-11(7-12(9)15-5)14(3,4)8-10(2)16-13/h6-7,10H,8H2,1-5H3. The van der Waals surface area contributed by atoms with E-state index < -0.39 is 0 Å². The predicted octanol–water partition coefficient (Wildman–Crippen LogP) is 4.17. The van der Waals surface area contributed by atoms with E-state index in [1.54, 1.807) is 7.11 Å². The number of rotatable bonds is 1. The maximum atomic E-state index is 5.42. The fraction of sp³-hybridized carbons (Fsp3) is 0.571. The van der Waals surface area contributed by atoms with Crippen LogP contribution in [0.2, 0.25) is 0 Å². The number of hydrogen-bond donors (Lipinski definition) is 0. The summed E-state index contributed by atoms with van der Waals surface area (Å²) >= 11 is 1.99. The molecule has 2 heteroatoms. The highest BCUT2D eigenvalue weighted by Crippen LogP contribution is 2.47. The average Bonchev–Trinajstić information content (AvgIpc) is 2.15. The van der Waals surface area contributed by atoms with Crippen molar-refractivity contribution in [3.05, 3.63) is 23.3 Å². The number of methoxy groups -OCH3 is 1. The first-order valence-electron chi connectivity index (χ1n) is 5.80. The van der Waals surface area contributed by atoms with E-state index in [0.29, 0.717) is 5.25 Å². The Morgan fingerprint density at radius 3 is 2.69 bits per heavy atom. The van der Waals surface area contributed by atoms with Crippen LogP contribution in [0.5, 0.6) is 5.75 Å². The van der Waals surface area contributed by atoms with Crippen LogP contribution >= 0.6 is 11.8 Å². The van der Waals surface area contributed by atoms with Gasteiger partial charge in [-0.2, -0.15) is 0 Å². The maximum absolute atomic E-state index is 5.42. The molecule has 0 saturated heterocycles. The molecular formula is C14H20OS. The summed E-state index contributed by atoms with van der Waals surface area (Å²) in [5.74, 6) is 1.02. The fourth-order valence-electron chi connectivity index (χ4n) is 2.59. The zero-order valence-corrected chi connectivity index (χ0v) is 11.6. The average molecular weight is 236 g/mol. The molecule has 0 aliphatic carbocycles. The minimum Gasteiger partial charge on any atom is -0.496 e. The van der Waals surface area contributed by atoms with E-state index in [9.17, 15) is 0 Å². The van der Waals surface area contributed by atoms with Gasteiger partial charge < -0.3 is 4.74 Å². The minimum absolute atomic E-state index is 0.265. The highest BCUT2D eigenvalue weighted by atomic mass is 32.2. The van der Waals surface area contributed by atoms with E-state index in [1.807, 2.05) is 11.8 Å². The summed E-state index contributed by atoms with van der Waals surface area (Å²) in [5.41, 5.74) is 2.94. The normalized spacial score (nSPS) is 22.7. The molecule has 1 atom stereocenters. The summed E-state index contributed by atoms with van der Waals surface area (Å²) in [5, 5.41) is 0.704. The van der Waals surface area contributed by atoms with Gasteiger partial charge in [0.25, 0.3) is 0 Å². The topological polar surface area (TPSA) is 9.23 Å².